The second-order valence-corrected chi connectivity index (χ2v) is 8.31. The lowest BCUT2D eigenvalue weighted by atomic mass is 10.2. The van der Waals surface area contributed by atoms with Gasteiger partial charge in [0.25, 0.3) is 0 Å². The van der Waals surface area contributed by atoms with E-state index in [1.807, 2.05) is 19.9 Å². The van der Waals surface area contributed by atoms with Gasteiger partial charge in [-0.3, -0.25) is 0 Å². The van der Waals surface area contributed by atoms with Crippen molar-refractivity contribution >= 4 is 27.4 Å². The molecule has 0 heterocycles. The van der Waals surface area contributed by atoms with Gasteiger partial charge in [-0.1, -0.05) is 17.7 Å². The molecule has 0 aromatic heterocycles. The Kier molecular flexibility index (Phi) is 8.35. The first-order valence-electron chi connectivity index (χ1n) is 7.80. The number of nitrogens with one attached hydrogen (secondary N) is 2. The molecule has 0 saturated heterocycles. The van der Waals surface area contributed by atoms with Crippen molar-refractivity contribution in [2.45, 2.75) is 32.9 Å². The molecule has 8 heteroatoms. The first-order valence-corrected chi connectivity index (χ1v) is 10.2. The molecule has 0 spiro atoms. The zero-order valence-corrected chi connectivity index (χ0v) is 16.2. The molecule has 0 bridgehead atoms. The van der Waals surface area contributed by atoms with Crippen LogP contribution in [-0.4, -0.2) is 46.1 Å². The minimum Gasteiger partial charge on any atom is -0.496 e. The highest BCUT2D eigenvalue weighted by Crippen LogP contribution is 2.23. The summed E-state index contributed by atoms with van der Waals surface area (Å²) >= 11 is 5.96. The molecule has 0 saturated carbocycles. The molecule has 1 aromatic rings. The summed E-state index contributed by atoms with van der Waals surface area (Å²) in [4.78, 5) is 4.53. The topological polar surface area (TPSA) is 79.8 Å². The minimum atomic E-state index is -2.96. The van der Waals surface area contributed by atoms with Gasteiger partial charge in [0, 0.05) is 29.4 Å². The van der Waals surface area contributed by atoms with Gasteiger partial charge in [0.1, 0.15) is 15.6 Å². The van der Waals surface area contributed by atoms with Gasteiger partial charge in [-0.15, -0.1) is 0 Å². The van der Waals surface area contributed by atoms with Gasteiger partial charge in [0.15, 0.2) is 5.96 Å². The van der Waals surface area contributed by atoms with E-state index < -0.39 is 9.84 Å². The van der Waals surface area contributed by atoms with E-state index in [4.69, 9.17) is 16.3 Å². The fourth-order valence-corrected chi connectivity index (χ4v) is 2.97. The fourth-order valence-electron chi connectivity index (χ4n) is 2.03. The van der Waals surface area contributed by atoms with Crippen molar-refractivity contribution < 1.29 is 13.2 Å². The number of rotatable bonds is 8. The van der Waals surface area contributed by atoms with E-state index in [1.54, 1.807) is 19.2 Å². The molecule has 1 atom stereocenters. The standard InChI is InChI=1S/C16H26ClN3O3S/c1-5-18-16(20-12(2)8-9-24(4,21)22)19-11-13-6-7-14(17)10-15(13)23-3/h6-7,10,12H,5,8-9,11H2,1-4H3,(H2,18,19,20). The molecule has 0 fully saturated rings. The zero-order chi connectivity index (χ0) is 18.2. The van der Waals surface area contributed by atoms with Crippen LogP contribution >= 0.6 is 11.6 Å². The Bertz CT molecular complexity index is 663. The summed E-state index contributed by atoms with van der Waals surface area (Å²) in [5.74, 6) is 1.47. The maximum Gasteiger partial charge on any atom is 0.191 e. The molecular weight excluding hydrogens is 350 g/mol. The van der Waals surface area contributed by atoms with Gasteiger partial charge >= 0.3 is 0 Å². The van der Waals surface area contributed by atoms with Crippen molar-refractivity contribution in [3.63, 3.8) is 0 Å². The lowest BCUT2D eigenvalue weighted by Gasteiger charge is -2.17. The highest BCUT2D eigenvalue weighted by Gasteiger charge is 2.10. The third-order valence-electron chi connectivity index (χ3n) is 3.31. The number of ether oxygens (including phenoxy) is 1. The van der Waals surface area contributed by atoms with Crippen molar-refractivity contribution in [2.24, 2.45) is 4.99 Å². The van der Waals surface area contributed by atoms with E-state index in [9.17, 15) is 8.42 Å². The van der Waals surface area contributed by atoms with Crippen molar-refractivity contribution in [3.8, 4) is 5.75 Å². The van der Waals surface area contributed by atoms with Crippen LogP contribution in [0.5, 0.6) is 5.75 Å². The van der Waals surface area contributed by atoms with E-state index in [0.29, 0.717) is 36.2 Å². The number of nitrogens with zero attached hydrogens (tertiary/aromatic N) is 1. The molecule has 0 amide bonds. The highest BCUT2D eigenvalue weighted by atomic mass is 35.5. The molecule has 6 nitrogen and oxygen atoms in total. The second kappa shape index (κ2) is 9.74. The van der Waals surface area contributed by atoms with Crippen molar-refractivity contribution in [1.82, 2.24) is 10.6 Å². The van der Waals surface area contributed by atoms with E-state index in [0.717, 1.165) is 5.56 Å². The summed E-state index contributed by atoms with van der Waals surface area (Å²) in [6, 6.07) is 5.41. The summed E-state index contributed by atoms with van der Waals surface area (Å²) in [5.41, 5.74) is 0.919. The predicted molar refractivity (Wildman–Crippen MR) is 99.7 cm³/mol. The third kappa shape index (κ3) is 7.88. The number of aliphatic imine (C=N–C) groups is 1. The number of sulfone groups is 1. The summed E-state index contributed by atoms with van der Waals surface area (Å²) in [5, 5.41) is 6.98. The van der Waals surface area contributed by atoms with Gasteiger partial charge in [-0.05, 0) is 32.4 Å². The van der Waals surface area contributed by atoms with Crippen LogP contribution in [0.4, 0.5) is 0 Å². The first-order chi connectivity index (χ1) is 11.2. The Morgan fingerprint density at radius 3 is 2.71 bits per heavy atom. The van der Waals surface area contributed by atoms with Crippen LogP contribution in [-0.2, 0) is 16.4 Å². The third-order valence-corrected chi connectivity index (χ3v) is 4.52. The Morgan fingerprint density at radius 2 is 2.12 bits per heavy atom. The van der Waals surface area contributed by atoms with Crippen LogP contribution in [0.2, 0.25) is 5.02 Å². The maximum absolute atomic E-state index is 11.3. The fraction of sp³-hybridized carbons (Fsp3) is 0.562. The molecule has 0 aliphatic rings. The minimum absolute atomic E-state index is 0.00959. The van der Waals surface area contributed by atoms with E-state index in [-0.39, 0.29) is 11.8 Å². The largest absolute Gasteiger partial charge is 0.496 e. The lowest BCUT2D eigenvalue weighted by molar-refractivity contribution is 0.410. The molecule has 1 unspecified atom stereocenters. The van der Waals surface area contributed by atoms with Gasteiger partial charge < -0.3 is 15.4 Å². The Hall–Kier alpha value is -1.47. The second-order valence-electron chi connectivity index (χ2n) is 5.62. The highest BCUT2D eigenvalue weighted by molar-refractivity contribution is 7.90. The Labute approximate surface area is 149 Å². The molecule has 0 aliphatic carbocycles. The molecule has 0 radical (unpaired) electrons. The normalized spacial score (nSPS) is 13.5. The smallest absolute Gasteiger partial charge is 0.191 e. The summed E-state index contributed by atoms with van der Waals surface area (Å²) in [7, 11) is -1.37. The monoisotopic (exact) mass is 375 g/mol. The van der Waals surface area contributed by atoms with Gasteiger partial charge in [0.2, 0.25) is 0 Å². The van der Waals surface area contributed by atoms with Crippen LogP contribution in [0.15, 0.2) is 23.2 Å². The number of methoxy groups -OCH3 is 1. The van der Waals surface area contributed by atoms with Crippen LogP contribution < -0.4 is 15.4 Å². The van der Waals surface area contributed by atoms with E-state index in [2.05, 4.69) is 15.6 Å². The van der Waals surface area contributed by atoms with Crippen LogP contribution in [0.1, 0.15) is 25.8 Å². The van der Waals surface area contributed by atoms with Crippen LogP contribution in [0, 0.1) is 0 Å². The van der Waals surface area contributed by atoms with E-state index in [1.165, 1.54) is 6.26 Å². The maximum atomic E-state index is 11.3. The zero-order valence-electron chi connectivity index (χ0n) is 14.6. The summed E-state index contributed by atoms with van der Waals surface area (Å²) in [6.07, 6.45) is 1.76. The predicted octanol–water partition coefficient (Wildman–Crippen LogP) is 2.23. The van der Waals surface area contributed by atoms with Gasteiger partial charge in [-0.2, -0.15) is 0 Å². The lowest BCUT2D eigenvalue weighted by Crippen LogP contribution is -2.42. The van der Waals surface area contributed by atoms with Crippen LogP contribution in [0.3, 0.4) is 0 Å². The first kappa shape index (κ1) is 20.6. The molecule has 1 aromatic carbocycles. The molecule has 0 aliphatic heterocycles. The average Bonchev–Trinajstić information content (AvgIpc) is 2.51. The number of hydrogen-bond acceptors (Lipinski definition) is 4. The van der Waals surface area contributed by atoms with Gasteiger partial charge in [0.05, 0.1) is 19.4 Å². The van der Waals surface area contributed by atoms with Crippen molar-refractivity contribution in [3.05, 3.63) is 28.8 Å². The van der Waals surface area contributed by atoms with E-state index >= 15 is 0 Å². The summed E-state index contributed by atoms with van der Waals surface area (Å²) < 4.78 is 27.8. The number of hydrogen-bond donors (Lipinski definition) is 2. The van der Waals surface area contributed by atoms with Crippen molar-refractivity contribution in [2.75, 3.05) is 25.7 Å². The number of benzene rings is 1. The quantitative estimate of drug-likeness (QED) is 0.538. The summed E-state index contributed by atoms with van der Waals surface area (Å²) in [6.45, 7) is 5.04. The average molecular weight is 376 g/mol. The van der Waals surface area contributed by atoms with Crippen molar-refractivity contribution in [1.29, 1.82) is 0 Å². The number of guanidine groups is 1. The molecule has 2 N–H and O–H groups in total. The molecular formula is C16H26ClN3O3S. The Morgan fingerprint density at radius 1 is 1.42 bits per heavy atom. The Balaban J connectivity index is 2.75. The number of halogens is 1. The van der Waals surface area contributed by atoms with Gasteiger partial charge in [-0.25, -0.2) is 13.4 Å². The molecule has 136 valence electrons. The molecule has 24 heavy (non-hydrogen) atoms. The molecule has 1 rings (SSSR count). The SMILES string of the molecule is CCNC(=NCc1ccc(Cl)cc1OC)NC(C)CCS(C)(=O)=O. The van der Waals surface area contributed by atoms with Crippen LogP contribution in [0.25, 0.3) is 0 Å².